The fourth-order valence-electron chi connectivity index (χ4n) is 0.950. The molecule has 94 valence electrons. The summed E-state index contributed by atoms with van der Waals surface area (Å²) in [4.78, 5) is 15.1. The molecule has 0 aliphatic heterocycles. The number of aromatic hydroxyl groups is 2. The van der Waals surface area contributed by atoms with Crippen LogP contribution in [0.3, 0.4) is 0 Å². The van der Waals surface area contributed by atoms with Crippen LogP contribution < -0.4 is 5.48 Å². The fourth-order valence-corrected chi connectivity index (χ4v) is 0.950. The van der Waals surface area contributed by atoms with Crippen molar-refractivity contribution in [2.24, 2.45) is 0 Å². The molecule has 1 aromatic carbocycles. The van der Waals surface area contributed by atoms with Gasteiger partial charge in [0, 0.05) is 6.07 Å². The molecular weight excluding hydrogens is 243 g/mol. The number of alkyl halides is 3. The lowest BCUT2D eigenvalue weighted by molar-refractivity contribution is -0.184. The van der Waals surface area contributed by atoms with Crippen LogP contribution in [0.15, 0.2) is 18.2 Å². The Bertz CT molecular complexity index is 419. The second-order valence-electron chi connectivity index (χ2n) is 3.04. The molecule has 0 aromatic heterocycles. The smallest absolute Gasteiger partial charge is 0.414 e. The zero-order valence-electron chi connectivity index (χ0n) is 8.28. The maximum Gasteiger partial charge on any atom is 0.414 e. The number of hydrogen-bond donors (Lipinski definition) is 3. The van der Waals surface area contributed by atoms with E-state index in [1.165, 1.54) is 5.48 Å². The van der Waals surface area contributed by atoms with E-state index in [0.717, 1.165) is 18.2 Å². The van der Waals surface area contributed by atoms with E-state index in [-0.39, 0.29) is 11.3 Å². The number of amides is 1. The van der Waals surface area contributed by atoms with Gasteiger partial charge < -0.3 is 10.2 Å². The first-order valence-corrected chi connectivity index (χ1v) is 4.30. The SMILES string of the molecule is O=C(NOCC(F)(F)F)c1ccc(O)cc1O. The summed E-state index contributed by atoms with van der Waals surface area (Å²) in [6.45, 7) is -1.64. The highest BCUT2D eigenvalue weighted by Crippen LogP contribution is 2.22. The van der Waals surface area contributed by atoms with Crippen molar-refractivity contribution in [2.45, 2.75) is 6.18 Å². The van der Waals surface area contributed by atoms with E-state index in [2.05, 4.69) is 4.84 Å². The van der Waals surface area contributed by atoms with Gasteiger partial charge in [-0.3, -0.25) is 9.63 Å². The van der Waals surface area contributed by atoms with Gasteiger partial charge in [-0.05, 0) is 12.1 Å². The summed E-state index contributed by atoms with van der Waals surface area (Å²) >= 11 is 0. The first-order chi connectivity index (χ1) is 7.79. The van der Waals surface area contributed by atoms with E-state index >= 15 is 0 Å². The molecule has 3 N–H and O–H groups in total. The van der Waals surface area contributed by atoms with E-state index in [9.17, 15) is 23.1 Å². The molecule has 0 aliphatic carbocycles. The topological polar surface area (TPSA) is 78.8 Å². The number of hydrogen-bond acceptors (Lipinski definition) is 4. The molecule has 0 saturated carbocycles. The number of carbonyl (C=O) groups excluding carboxylic acids is 1. The fraction of sp³-hybridized carbons (Fsp3) is 0.222. The lowest BCUT2D eigenvalue weighted by atomic mass is 10.2. The van der Waals surface area contributed by atoms with E-state index in [4.69, 9.17) is 5.11 Å². The number of benzene rings is 1. The molecule has 5 nitrogen and oxygen atoms in total. The van der Waals surface area contributed by atoms with Crippen LogP contribution in [0.4, 0.5) is 13.2 Å². The molecule has 17 heavy (non-hydrogen) atoms. The van der Waals surface area contributed by atoms with E-state index in [0.29, 0.717) is 0 Å². The van der Waals surface area contributed by atoms with Crippen LogP contribution in [0.2, 0.25) is 0 Å². The standard InChI is InChI=1S/C9H8F3NO4/c10-9(11,12)4-17-13-8(16)6-2-1-5(14)3-7(6)15/h1-3,14-15H,4H2,(H,13,16). The summed E-state index contributed by atoms with van der Waals surface area (Å²) < 4.78 is 35.0. The van der Waals surface area contributed by atoms with Crippen LogP contribution in [0, 0.1) is 0 Å². The highest BCUT2D eigenvalue weighted by molar-refractivity contribution is 5.96. The van der Waals surface area contributed by atoms with Gasteiger partial charge in [0.25, 0.3) is 5.91 Å². The van der Waals surface area contributed by atoms with Gasteiger partial charge in [0.2, 0.25) is 0 Å². The molecule has 0 spiro atoms. The second-order valence-corrected chi connectivity index (χ2v) is 3.04. The Morgan fingerprint density at radius 3 is 2.53 bits per heavy atom. The Balaban J connectivity index is 2.59. The van der Waals surface area contributed by atoms with Gasteiger partial charge in [-0.15, -0.1) is 0 Å². The molecule has 0 aliphatic rings. The first kappa shape index (κ1) is 13.1. The normalized spacial score (nSPS) is 11.2. The van der Waals surface area contributed by atoms with Gasteiger partial charge in [0.15, 0.2) is 6.61 Å². The van der Waals surface area contributed by atoms with Crippen molar-refractivity contribution in [3.05, 3.63) is 23.8 Å². The van der Waals surface area contributed by atoms with Gasteiger partial charge in [-0.25, -0.2) is 5.48 Å². The highest BCUT2D eigenvalue weighted by Gasteiger charge is 2.28. The maximum atomic E-state index is 11.7. The van der Waals surface area contributed by atoms with Gasteiger partial charge in [0.05, 0.1) is 5.56 Å². The zero-order valence-corrected chi connectivity index (χ0v) is 8.28. The van der Waals surface area contributed by atoms with Crippen LogP contribution in [-0.4, -0.2) is 28.9 Å². The number of nitrogens with one attached hydrogen (secondary N) is 1. The van der Waals surface area contributed by atoms with Crippen LogP contribution in [0.1, 0.15) is 10.4 Å². The summed E-state index contributed by atoms with van der Waals surface area (Å²) in [6, 6.07) is 3.01. The predicted octanol–water partition coefficient (Wildman–Crippen LogP) is 1.32. The Morgan fingerprint density at radius 2 is 2.00 bits per heavy atom. The Hall–Kier alpha value is -1.96. The van der Waals surface area contributed by atoms with Crippen molar-refractivity contribution in [3.8, 4) is 11.5 Å². The number of phenolic OH excluding ortho intramolecular Hbond substituents is 2. The van der Waals surface area contributed by atoms with Crippen molar-refractivity contribution in [1.29, 1.82) is 0 Å². The minimum Gasteiger partial charge on any atom is -0.508 e. The van der Waals surface area contributed by atoms with Crippen molar-refractivity contribution in [2.75, 3.05) is 6.61 Å². The van der Waals surface area contributed by atoms with E-state index in [1.807, 2.05) is 0 Å². The molecule has 0 fully saturated rings. The van der Waals surface area contributed by atoms with Crippen LogP contribution >= 0.6 is 0 Å². The first-order valence-electron chi connectivity index (χ1n) is 4.30. The van der Waals surface area contributed by atoms with Crippen molar-refractivity contribution >= 4 is 5.91 Å². The number of hydroxylamine groups is 1. The molecule has 8 heteroatoms. The average Bonchev–Trinajstić information content (AvgIpc) is 2.15. The molecule has 1 aromatic rings. The van der Waals surface area contributed by atoms with Crippen molar-refractivity contribution < 1.29 is 33.0 Å². The van der Waals surface area contributed by atoms with Crippen LogP contribution in [0.25, 0.3) is 0 Å². The van der Waals surface area contributed by atoms with Gasteiger partial charge in [0.1, 0.15) is 11.5 Å². The summed E-state index contributed by atoms with van der Waals surface area (Å²) in [6.07, 6.45) is -4.57. The van der Waals surface area contributed by atoms with Gasteiger partial charge in [-0.1, -0.05) is 0 Å². The number of halogens is 3. The lowest BCUT2D eigenvalue weighted by Gasteiger charge is -2.09. The molecule has 1 rings (SSSR count). The second kappa shape index (κ2) is 4.91. The molecule has 0 radical (unpaired) electrons. The van der Waals surface area contributed by atoms with Crippen LogP contribution in [0.5, 0.6) is 11.5 Å². The van der Waals surface area contributed by atoms with Crippen LogP contribution in [-0.2, 0) is 4.84 Å². The maximum absolute atomic E-state index is 11.7. The quantitative estimate of drug-likeness (QED) is 0.708. The average molecular weight is 251 g/mol. The largest absolute Gasteiger partial charge is 0.508 e. The summed E-state index contributed by atoms with van der Waals surface area (Å²) in [5.74, 6) is -1.90. The summed E-state index contributed by atoms with van der Waals surface area (Å²) in [5, 5.41) is 18.2. The molecule has 0 saturated heterocycles. The Kier molecular flexibility index (Phi) is 3.79. The Labute approximate surface area is 93.4 Å². The molecule has 0 atom stereocenters. The summed E-state index contributed by atoms with van der Waals surface area (Å²) in [5.41, 5.74) is 1.20. The molecule has 0 unspecified atom stereocenters. The monoisotopic (exact) mass is 251 g/mol. The minimum atomic E-state index is -4.57. The zero-order chi connectivity index (χ0) is 13.1. The van der Waals surface area contributed by atoms with Gasteiger partial charge >= 0.3 is 6.18 Å². The van der Waals surface area contributed by atoms with E-state index < -0.39 is 24.4 Å². The van der Waals surface area contributed by atoms with Gasteiger partial charge in [-0.2, -0.15) is 13.2 Å². The lowest BCUT2D eigenvalue weighted by Crippen LogP contribution is -2.29. The minimum absolute atomic E-state index is 0.282. The third-order valence-electron chi connectivity index (χ3n) is 1.63. The Morgan fingerprint density at radius 1 is 1.35 bits per heavy atom. The third-order valence-corrected chi connectivity index (χ3v) is 1.63. The molecule has 0 bridgehead atoms. The molecule has 0 heterocycles. The van der Waals surface area contributed by atoms with Crippen molar-refractivity contribution in [3.63, 3.8) is 0 Å². The summed E-state index contributed by atoms with van der Waals surface area (Å²) in [7, 11) is 0. The van der Waals surface area contributed by atoms with E-state index in [1.54, 1.807) is 0 Å². The predicted molar refractivity (Wildman–Crippen MR) is 49.2 cm³/mol. The molecular formula is C9H8F3NO4. The molecule has 1 amide bonds. The third kappa shape index (κ3) is 4.19. The highest BCUT2D eigenvalue weighted by atomic mass is 19.4. The number of phenols is 2. The number of rotatable bonds is 3. The van der Waals surface area contributed by atoms with Crippen molar-refractivity contribution in [1.82, 2.24) is 5.48 Å². The number of carbonyl (C=O) groups is 1.